The van der Waals surface area contributed by atoms with Crippen LogP contribution in [0.3, 0.4) is 0 Å². The monoisotopic (exact) mass is 262 g/mol. The molecule has 0 amide bonds. The van der Waals surface area contributed by atoms with E-state index in [0.29, 0.717) is 6.04 Å². The molecule has 96 valence electrons. The largest absolute Gasteiger partial charge is 0.308 e. The Morgan fingerprint density at radius 3 is 3.28 bits per heavy atom. The maximum absolute atomic E-state index is 4.54. The molecule has 0 fully saturated rings. The minimum atomic E-state index is 0.517. The third-order valence-electron chi connectivity index (χ3n) is 3.39. The fraction of sp³-hybridized carbons (Fsp3) is 0.538. The Hall–Kier alpha value is -1.20. The summed E-state index contributed by atoms with van der Waals surface area (Å²) >= 11 is 1.75. The Balaban J connectivity index is 1.60. The predicted molar refractivity (Wildman–Crippen MR) is 72.7 cm³/mol. The van der Waals surface area contributed by atoms with Gasteiger partial charge in [-0.15, -0.1) is 0 Å². The van der Waals surface area contributed by atoms with Crippen molar-refractivity contribution >= 4 is 11.3 Å². The van der Waals surface area contributed by atoms with Crippen molar-refractivity contribution in [2.75, 3.05) is 0 Å². The van der Waals surface area contributed by atoms with Crippen LogP contribution in [-0.2, 0) is 25.9 Å². The first kappa shape index (κ1) is 11.9. The SMILES string of the molecule is CCc1nc2n(n1)C[C@@H](NCc1ccsc1)CC2. The molecular weight excluding hydrogens is 244 g/mol. The number of hydrogen-bond acceptors (Lipinski definition) is 4. The van der Waals surface area contributed by atoms with Gasteiger partial charge in [0.15, 0.2) is 5.82 Å². The Bertz CT molecular complexity index is 503. The molecule has 0 bridgehead atoms. The number of nitrogens with zero attached hydrogens (tertiary/aromatic N) is 3. The van der Waals surface area contributed by atoms with Crippen LogP contribution < -0.4 is 5.32 Å². The second-order valence-electron chi connectivity index (χ2n) is 4.73. The van der Waals surface area contributed by atoms with Crippen molar-refractivity contribution in [1.29, 1.82) is 0 Å². The fourth-order valence-corrected chi connectivity index (χ4v) is 3.00. The lowest BCUT2D eigenvalue weighted by Gasteiger charge is -2.23. The molecule has 5 heteroatoms. The Kier molecular flexibility index (Phi) is 3.43. The first-order chi connectivity index (χ1) is 8.85. The third-order valence-corrected chi connectivity index (χ3v) is 4.13. The molecule has 4 nitrogen and oxygen atoms in total. The minimum Gasteiger partial charge on any atom is -0.308 e. The quantitative estimate of drug-likeness (QED) is 0.916. The van der Waals surface area contributed by atoms with Crippen LogP contribution in [0.4, 0.5) is 0 Å². The molecule has 0 saturated carbocycles. The number of thiophene rings is 1. The lowest BCUT2D eigenvalue weighted by molar-refractivity contribution is 0.357. The molecule has 0 radical (unpaired) electrons. The van der Waals surface area contributed by atoms with Gasteiger partial charge in [-0.2, -0.15) is 16.4 Å². The Labute approximate surface area is 111 Å². The first-order valence-electron chi connectivity index (χ1n) is 6.52. The molecule has 1 aliphatic rings. The lowest BCUT2D eigenvalue weighted by Crippen LogP contribution is -2.37. The molecule has 18 heavy (non-hydrogen) atoms. The van der Waals surface area contributed by atoms with Gasteiger partial charge in [-0.3, -0.25) is 0 Å². The van der Waals surface area contributed by atoms with Gasteiger partial charge in [-0.25, -0.2) is 9.67 Å². The molecule has 0 aromatic carbocycles. The molecule has 0 saturated heterocycles. The molecule has 1 aliphatic heterocycles. The standard InChI is InChI=1S/C13H18N4S/c1-2-12-15-13-4-3-11(8-17(13)16-12)14-7-10-5-6-18-9-10/h5-6,9,11,14H,2-4,7-8H2,1H3/t11-/m0/s1. The summed E-state index contributed by atoms with van der Waals surface area (Å²) in [6, 6.07) is 2.69. The van der Waals surface area contributed by atoms with E-state index in [1.54, 1.807) is 11.3 Å². The normalized spacial score (nSPS) is 18.8. The number of nitrogens with one attached hydrogen (secondary N) is 1. The lowest BCUT2D eigenvalue weighted by atomic mass is 10.1. The molecule has 3 heterocycles. The maximum Gasteiger partial charge on any atom is 0.150 e. The molecule has 0 aliphatic carbocycles. The average molecular weight is 262 g/mol. The van der Waals surface area contributed by atoms with E-state index in [4.69, 9.17) is 0 Å². The highest BCUT2D eigenvalue weighted by molar-refractivity contribution is 7.07. The Morgan fingerprint density at radius 1 is 1.56 bits per heavy atom. The van der Waals surface area contributed by atoms with Crippen LogP contribution in [0, 0.1) is 0 Å². The number of aromatic nitrogens is 3. The van der Waals surface area contributed by atoms with Crippen molar-refractivity contribution in [2.24, 2.45) is 0 Å². The summed E-state index contributed by atoms with van der Waals surface area (Å²) in [5.41, 5.74) is 1.37. The Morgan fingerprint density at radius 2 is 2.50 bits per heavy atom. The number of hydrogen-bond donors (Lipinski definition) is 1. The molecule has 3 rings (SSSR count). The maximum atomic E-state index is 4.54. The second kappa shape index (κ2) is 5.20. The third kappa shape index (κ3) is 2.47. The first-order valence-corrected chi connectivity index (χ1v) is 7.46. The summed E-state index contributed by atoms with van der Waals surface area (Å²) < 4.78 is 2.08. The average Bonchev–Trinajstić information content (AvgIpc) is 3.04. The van der Waals surface area contributed by atoms with Gasteiger partial charge in [-0.05, 0) is 28.8 Å². The minimum absolute atomic E-state index is 0.517. The van der Waals surface area contributed by atoms with Crippen LogP contribution in [0.15, 0.2) is 16.8 Å². The summed E-state index contributed by atoms with van der Waals surface area (Å²) in [6.07, 6.45) is 3.12. The summed E-state index contributed by atoms with van der Waals surface area (Å²) in [4.78, 5) is 4.54. The van der Waals surface area contributed by atoms with Gasteiger partial charge in [0.05, 0.1) is 6.54 Å². The van der Waals surface area contributed by atoms with Gasteiger partial charge in [-0.1, -0.05) is 6.92 Å². The predicted octanol–water partition coefficient (Wildman–Crippen LogP) is 2.01. The number of aryl methyl sites for hydroxylation is 2. The molecule has 1 atom stereocenters. The summed E-state index contributed by atoms with van der Waals surface area (Å²) in [5, 5.41) is 12.5. The van der Waals surface area contributed by atoms with Crippen molar-refractivity contribution in [3.63, 3.8) is 0 Å². The van der Waals surface area contributed by atoms with Gasteiger partial charge in [0.1, 0.15) is 5.82 Å². The van der Waals surface area contributed by atoms with E-state index in [1.807, 2.05) is 0 Å². The van der Waals surface area contributed by atoms with Crippen molar-refractivity contribution < 1.29 is 0 Å². The smallest absolute Gasteiger partial charge is 0.150 e. The van der Waals surface area contributed by atoms with E-state index in [-0.39, 0.29) is 0 Å². The van der Waals surface area contributed by atoms with Gasteiger partial charge >= 0.3 is 0 Å². The van der Waals surface area contributed by atoms with Crippen LogP contribution >= 0.6 is 11.3 Å². The zero-order valence-corrected chi connectivity index (χ0v) is 11.4. The molecule has 0 unspecified atom stereocenters. The van der Waals surface area contributed by atoms with Gasteiger partial charge in [0.2, 0.25) is 0 Å². The van der Waals surface area contributed by atoms with Gasteiger partial charge in [0, 0.05) is 25.4 Å². The van der Waals surface area contributed by atoms with E-state index in [9.17, 15) is 0 Å². The zero-order valence-electron chi connectivity index (χ0n) is 10.6. The van der Waals surface area contributed by atoms with Crippen LogP contribution in [0.25, 0.3) is 0 Å². The highest BCUT2D eigenvalue weighted by Gasteiger charge is 2.20. The van der Waals surface area contributed by atoms with Crippen molar-refractivity contribution in [1.82, 2.24) is 20.1 Å². The van der Waals surface area contributed by atoms with Crippen molar-refractivity contribution in [3.05, 3.63) is 34.0 Å². The van der Waals surface area contributed by atoms with E-state index < -0.39 is 0 Å². The molecule has 1 N–H and O–H groups in total. The highest BCUT2D eigenvalue weighted by Crippen LogP contribution is 2.14. The van der Waals surface area contributed by atoms with Crippen LogP contribution in [-0.4, -0.2) is 20.8 Å². The zero-order chi connectivity index (χ0) is 12.4. The van der Waals surface area contributed by atoms with Gasteiger partial charge in [0.25, 0.3) is 0 Å². The fourth-order valence-electron chi connectivity index (χ4n) is 2.33. The van der Waals surface area contributed by atoms with Crippen LogP contribution in [0.5, 0.6) is 0 Å². The summed E-state index contributed by atoms with van der Waals surface area (Å²) in [5.74, 6) is 2.13. The molecule has 2 aromatic heterocycles. The molecular formula is C13H18N4S. The van der Waals surface area contributed by atoms with Crippen LogP contribution in [0.1, 0.15) is 30.6 Å². The van der Waals surface area contributed by atoms with Crippen molar-refractivity contribution in [3.8, 4) is 0 Å². The number of rotatable bonds is 4. The van der Waals surface area contributed by atoms with E-state index in [1.165, 1.54) is 5.56 Å². The van der Waals surface area contributed by atoms with E-state index in [2.05, 4.69) is 43.8 Å². The van der Waals surface area contributed by atoms with E-state index >= 15 is 0 Å². The molecule has 0 spiro atoms. The summed E-state index contributed by atoms with van der Waals surface area (Å²) in [7, 11) is 0. The van der Waals surface area contributed by atoms with Crippen molar-refractivity contribution in [2.45, 2.75) is 45.3 Å². The summed E-state index contributed by atoms with van der Waals surface area (Å²) in [6.45, 7) is 4.01. The topological polar surface area (TPSA) is 42.7 Å². The van der Waals surface area contributed by atoms with Gasteiger partial charge < -0.3 is 5.32 Å². The van der Waals surface area contributed by atoms with E-state index in [0.717, 1.165) is 44.0 Å². The van der Waals surface area contributed by atoms with Crippen LogP contribution in [0.2, 0.25) is 0 Å². The second-order valence-corrected chi connectivity index (χ2v) is 5.51. The number of fused-ring (bicyclic) bond motifs is 1. The molecule has 2 aromatic rings. The highest BCUT2D eigenvalue weighted by atomic mass is 32.1.